The maximum absolute atomic E-state index is 14.7. The van der Waals surface area contributed by atoms with Gasteiger partial charge in [-0.3, -0.25) is 14.4 Å². The second kappa shape index (κ2) is 9.66. The van der Waals surface area contributed by atoms with Crippen molar-refractivity contribution in [3.05, 3.63) is 77.6 Å². The van der Waals surface area contributed by atoms with E-state index in [2.05, 4.69) is 10.6 Å². The topological polar surface area (TPSA) is 87.7 Å². The first-order chi connectivity index (χ1) is 18.4. The van der Waals surface area contributed by atoms with E-state index in [0.29, 0.717) is 11.3 Å². The molecule has 8 heteroatoms. The van der Waals surface area contributed by atoms with Crippen LogP contribution in [0.1, 0.15) is 43.2 Å². The van der Waals surface area contributed by atoms with Crippen molar-refractivity contribution in [2.45, 2.75) is 69.4 Å². The Bertz CT molecular complexity index is 1290. The van der Waals surface area contributed by atoms with Gasteiger partial charge in [-0.15, -0.1) is 0 Å². The zero-order valence-electron chi connectivity index (χ0n) is 21.4. The maximum Gasteiger partial charge on any atom is 0.246 e. The summed E-state index contributed by atoms with van der Waals surface area (Å²) in [5.41, 5.74) is 0.726. The van der Waals surface area contributed by atoms with Crippen LogP contribution in [0.25, 0.3) is 0 Å². The molecule has 3 unspecified atom stereocenters. The largest absolute Gasteiger partial charge is 0.359 e. The number of ether oxygens (including phenoxy) is 1. The van der Waals surface area contributed by atoms with Gasteiger partial charge in [0.15, 0.2) is 0 Å². The van der Waals surface area contributed by atoms with Crippen LogP contribution in [0.15, 0.2) is 60.7 Å². The van der Waals surface area contributed by atoms with Crippen LogP contribution in [0.3, 0.4) is 0 Å². The molecule has 2 aromatic rings. The Morgan fingerprint density at radius 1 is 1.05 bits per heavy atom. The van der Waals surface area contributed by atoms with Crippen LogP contribution in [-0.4, -0.2) is 46.4 Å². The van der Waals surface area contributed by atoms with E-state index in [-0.39, 0.29) is 30.3 Å². The van der Waals surface area contributed by atoms with E-state index in [1.54, 1.807) is 30.4 Å². The summed E-state index contributed by atoms with van der Waals surface area (Å²) >= 11 is 0. The molecule has 5 atom stereocenters. The van der Waals surface area contributed by atoms with Crippen LogP contribution >= 0.6 is 0 Å². The minimum atomic E-state index is -1.28. The lowest BCUT2D eigenvalue weighted by Crippen LogP contribution is -2.56. The summed E-state index contributed by atoms with van der Waals surface area (Å²) in [5, 5.41) is 6.08. The minimum Gasteiger partial charge on any atom is -0.359 e. The maximum atomic E-state index is 14.7. The molecule has 0 aromatic heterocycles. The van der Waals surface area contributed by atoms with Crippen molar-refractivity contribution in [1.29, 1.82) is 0 Å². The lowest BCUT2D eigenvalue weighted by molar-refractivity contribution is -0.142. The number of fused-ring (bicyclic) bond motifs is 1. The molecule has 7 nitrogen and oxygen atoms in total. The molecule has 3 aliphatic heterocycles. The second-order valence-electron chi connectivity index (χ2n) is 11.0. The Balaban J connectivity index is 1.33. The number of anilines is 1. The highest BCUT2D eigenvalue weighted by molar-refractivity contribution is 6.02. The van der Waals surface area contributed by atoms with Crippen molar-refractivity contribution in [2.24, 2.45) is 11.8 Å². The van der Waals surface area contributed by atoms with Gasteiger partial charge in [-0.2, -0.15) is 0 Å². The van der Waals surface area contributed by atoms with E-state index in [0.717, 1.165) is 37.7 Å². The molecule has 2 aromatic carbocycles. The van der Waals surface area contributed by atoms with Crippen LogP contribution in [0.2, 0.25) is 0 Å². The van der Waals surface area contributed by atoms with Gasteiger partial charge in [0.25, 0.3) is 0 Å². The monoisotopic (exact) mass is 517 g/mol. The van der Waals surface area contributed by atoms with Crippen LogP contribution in [0.4, 0.5) is 10.1 Å². The Morgan fingerprint density at radius 2 is 1.79 bits per heavy atom. The number of carbonyl (C=O) groups is 3. The van der Waals surface area contributed by atoms with Gasteiger partial charge in [-0.25, -0.2) is 4.39 Å². The van der Waals surface area contributed by atoms with Gasteiger partial charge in [0.2, 0.25) is 17.7 Å². The minimum absolute atomic E-state index is 0.0281. The van der Waals surface area contributed by atoms with Crippen LogP contribution < -0.4 is 10.6 Å². The average Bonchev–Trinajstić information content (AvgIpc) is 3.55. The summed E-state index contributed by atoms with van der Waals surface area (Å²) < 4.78 is 21.1. The van der Waals surface area contributed by atoms with E-state index in [9.17, 15) is 18.8 Å². The smallest absolute Gasteiger partial charge is 0.246 e. The van der Waals surface area contributed by atoms with Crippen molar-refractivity contribution in [1.82, 2.24) is 10.2 Å². The van der Waals surface area contributed by atoms with Crippen molar-refractivity contribution in [2.75, 3.05) is 5.32 Å². The molecule has 1 aliphatic carbocycles. The van der Waals surface area contributed by atoms with Gasteiger partial charge in [0.1, 0.15) is 17.5 Å². The van der Waals surface area contributed by atoms with Crippen LogP contribution in [0, 0.1) is 24.6 Å². The normalized spacial score (nSPS) is 29.9. The highest BCUT2D eigenvalue weighted by Gasteiger charge is 2.72. The number of halogens is 1. The van der Waals surface area contributed by atoms with Gasteiger partial charge in [-0.1, -0.05) is 67.3 Å². The first kappa shape index (κ1) is 24.8. The number of carbonyl (C=O) groups excluding carboxylic acids is 3. The quantitative estimate of drug-likeness (QED) is 0.570. The van der Waals surface area contributed by atoms with Crippen LogP contribution in [0.5, 0.6) is 0 Å². The Hall–Kier alpha value is -3.52. The van der Waals surface area contributed by atoms with Gasteiger partial charge in [0.05, 0.1) is 17.9 Å². The standard InChI is InChI=1S/C30H32FN3O4/c1-18-11-13-21(14-12-18)32-27(35)24-23-15-16-30(38-23)25(24)29(37)34(17-19-7-5-6-10-22(19)31)26(30)28(36)33-20-8-3-2-4-9-20/h5-7,10-16,20,23-26H,2-4,8-9,17H2,1H3,(H,32,35)(H,33,36)/t23-,24?,25-,26?,30?/m1/s1. The highest BCUT2D eigenvalue weighted by Crippen LogP contribution is 2.55. The molecule has 3 heterocycles. The molecule has 1 spiro atoms. The number of nitrogens with zero attached hydrogens (tertiary/aromatic N) is 1. The average molecular weight is 518 g/mol. The molecule has 3 fully saturated rings. The molecule has 2 bridgehead atoms. The molecular weight excluding hydrogens is 485 g/mol. The molecule has 1 saturated carbocycles. The summed E-state index contributed by atoms with van der Waals surface area (Å²) in [6.45, 7) is 1.88. The number of benzene rings is 2. The molecule has 6 rings (SSSR count). The van der Waals surface area contributed by atoms with E-state index in [1.165, 1.54) is 11.0 Å². The number of likely N-dealkylation sites (tertiary alicyclic amines) is 1. The van der Waals surface area contributed by atoms with Gasteiger partial charge >= 0.3 is 0 Å². The molecule has 3 amide bonds. The summed E-state index contributed by atoms with van der Waals surface area (Å²) in [6.07, 6.45) is 7.95. The molecular formula is C30H32FN3O4. The molecule has 38 heavy (non-hydrogen) atoms. The van der Waals surface area contributed by atoms with Crippen LogP contribution in [-0.2, 0) is 25.7 Å². The summed E-state index contributed by atoms with van der Waals surface area (Å²) in [6, 6.07) is 12.7. The molecule has 198 valence electrons. The van der Waals surface area contributed by atoms with Gasteiger partial charge < -0.3 is 20.3 Å². The van der Waals surface area contributed by atoms with E-state index in [4.69, 9.17) is 4.74 Å². The number of hydrogen-bond donors (Lipinski definition) is 2. The fraction of sp³-hybridized carbons (Fsp3) is 0.433. The Kier molecular flexibility index (Phi) is 6.30. The first-order valence-electron chi connectivity index (χ1n) is 13.5. The van der Waals surface area contributed by atoms with Crippen molar-refractivity contribution in [3.8, 4) is 0 Å². The zero-order chi connectivity index (χ0) is 26.4. The van der Waals surface area contributed by atoms with E-state index in [1.807, 2.05) is 31.2 Å². The predicted molar refractivity (Wildman–Crippen MR) is 139 cm³/mol. The van der Waals surface area contributed by atoms with E-state index >= 15 is 0 Å². The Labute approximate surface area is 221 Å². The molecule has 2 N–H and O–H groups in total. The van der Waals surface area contributed by atoms with Crippen molar-refractivity contribution in [3.63, 3.8) is 0 Å². The first-order valence-corrected chi connectivity index (χ1v) is 13.5. The second-order valence-corrected chi connectivity index (χ2v) is 11.0. The SMILES string of the molecule is Cc1ccc(NC(=O)C2[C@H]3C=CC4(O3)C(C(=O)NC3CCCCC3)N(Cc3ccccc3F)C(=O)[C@@H]24)cc1. The van der Waals surface area contributed by atoms with Gasteiger partial charge in [0, 0.05) is 23.8 Å². The third-order valence-corrected chi connectivity index (χ3v) is 8.49. The third-order valence-electron chi connectivity index (χ3n) is 8.49. The van der Waals surface area contributed by atoms with E-state index < -0.39 is 35.4 Å². The molecule has 4 aliphatic rings. The summed E-state index contributed by atoms with van der Waals surface area (Å²) in [7, 11) is 0. The molecule has 2 saturated heterocycles. The fourth-order valence-corrected chi connectivity index (χ4v) is 6.64. The lowest BCUT2D eigenvalue weighted by atomic mass is 9.74. The fourth-order valence-electron chi connectivity index (χ4n) is 6.64. The summed E-state index contributed by atoms with van der Waals surface area (Å²) in [5.74, 6) is -3.14. The predicted octanol–water partition coefficient (Wildman–Crippen LogP) is 3.87. The summed E-state index contributed by atoms with van der Waals surface area (Å²) in [4.78, 5) is 42.8. The number of amides is 3. The van der Waals surface area contributed by atoms with Crippen molar-refractivity contribution < 1.29 is 23.5 Å². The van der Waals surface area contributed by atoms with Crippen molar-refractivity contribution >= 4 is 23.4 Å². The number of aryl methyl sites for hydroxylation is 1. The zero-order valence-corrected chi connectivity index (χ0v) is 21.4. The molecule has 0 radical (unpaired) electrons. The number of rotatable bonds is 6. The number of nitrogens with one attached hydrogen (secondary N) is 2. The van der Waals surface area contributed by atoms with Gasteiger partial charge in [-0.05, 0) is 38.0 Å². The Morgan fingerprint density at radius 3 is 2.53 bits per heavy atom. The lowest BCUT2D eigenvalue weighted by Gasteiger charge is -2.34. The highest BCUT2D eigenvalue weighted by atomic mass is 19.1. The number of hydrogen-bond acceptors (Lipinski definition) is 4. The third kappa shape index (κ3) is 4.11.